The third kappa shape index (κ3) is 5.52. The van der Waals surface area contributed by atoms with Crippen molar-refractivity contribution in [3.63, 3.8) is 0 Å². The lowest BCUT2D eigenvalue weighted by Crippen LogP contribution is -2.42. The van der Waals surface area contributed by atoms with E-state index in [2.05, 4.69) is 10.6 Å². The highest BCUT2D eigenvalue weighted by Gasteiger charge is 2.11. The van der Waals surface area contributed by atoms with Gasteiger partial charge in [0.25, 0.3) is 5.91 Å². The fraction of sp³-hybridized carbons (Fsp3) is 0.429. The summed E-state index contributed by atoms with van der Waals surface area (Å²) in [6.07, 6.45) is 1.27. The van der Waals surface area contributed by atoms with Crippen molar-refractivity contribution < 1.29 is 14.7 Å². The molecule has 1 aromatic rings. The monoisotopic (exact) mass is 264 g/mol. The topological polar surface area (TPSA) is 78.4 Å². The Morgan fingerprint density at radius 1 is 1.26 bits per heavy atom. The maximum Gasteiger partial charge on any atom is 0.251 e. The van der Waals surface area contributed by atoms with Gasteiger partial charge in [0.05, 0.1) is 6.54 Å². The molecule has 0 radical (unpaired) electrons. The standard InChI is InChI=1S/C14H20N2O3/c1-2-12(8-9-17)16-13(18)10-15-14(19)11-6-4-3-5-7-11/h3-7,12,17H,2,8-10H2,1H3,(H,15,19)(H,16,18). The van der Waals surface area contributed by atoms with Gasteiger partial charge in [-0.15, -0.1) is 0 Å². The zero-order valence-electron chi connectivity index (χ0n) is 11.1. The van der Waals surface area contributed by atoms with Gasteiger partial charge in [0, 0.05) is 18.2 Å². The molecule has 5 nitrogen and oxygen atoms in total. The number of aliphatic hydroxyl groups is 1. The number of carbonyl (C=O) groups is 2. The summed E-state index contributed by atoms with van der Waals surface area (Å²) >= 11 is 0. The predicted molar refractivity (Wildman–Crippen MR) is 72.7 cm³/mol. The van der Waals surface area contributed by atoms with Crippen LogP contribution >= 0.6 is 0 Å². The average molecular weight is 264 g/mol. The Hall–Kier alpha value is -1.88. The summed E-state index contributed by atoms with van der Waals surface area (Å²) in [6.45, 7) is 1.91. The van der Waals surface area contributed by atoms with E-state index >= 15 is 0 Å². The van der Waals surface area contributed by atoms with Crippen LogP contribution in [0.3, 0.4) is 0 Å². The number of aliphatic hydroxyl groups excluding tert-OH is 1. The number of amides is 2. The van der Waals surface area contributed by atoms with Gasteiger partial charge >= 0.3 is 0 Å². The number of benzene rings is 1. The largest absolute Gasteiger partial charge is 0.396 e. The Labute approximate surface area is 113 Å². The highest BCUT2D eigenvalue weighted by molar-refractivity contribution is 5.96. The van der Waals surface area contributed by atoms with Crippen molar-refractivity contribution in [1.29, 1.82) is 0 Å². The molecule has 0 aromatic heterocycles. The summed E-state index contributed by atoms with van der Waals surface area (Å²) in [6, 6.07) is 8.68. The second-order valence-electron chi connectivity index (χ2n) is 4.23. The molecule has 0 aliphatic rings. The van der Waals surface area contributed by atoms with Gasteiger partial charge in [0.1, 0.15) is 0 Å². The Balaban J connectivity index is 2.36. The number of carbonyl (C=O) groups excluding carboxylic acids is 2. The van der Waals surface area contributed by atoms with Crippen LogP contribution in [0.5, 0.6) is 0 Å². The first kappa shape index (κ1) is 15.2. The minimum Gasteiger partial charge on any atom is -0.396 e. The van der Waals surface area contributed by atoms with E-state index in [0.717, 1.165) is 6.42 Å². The lowest BCUT2D eigenvalue weighted by molar-refractivity contribution is -0.120. The molecule has 0 saturated heterocycles. The predicted octanol–water partition coefficient (Wildman–Crippen LogP) is 0.694. The van der Waals surface area contributed by atoms with E-state index in [-0.39, 0.29) is 31.0 Å². The van der Waals surface area contributed by atoms with Crippen LogP contribution in [0.25, 0.3) is 0 Å². The summed E-state index contributed by atoms with van der Waals surface area (Å²) in [7, 11) is 0. The molecular formula is C14H20N2O3. The second kappa shape index (κ2) is 8.26. The van der Waals surface area contributed by atoms with E-state index in [1.165, 1.54) is 0 Å². The van der Waals surface area contributed by atoms with Crippen LogP contribution in [0, 0.1) is 0 Å². The molecular weight excluding hydrogens is 244 g/mol. The van der Waals surface area contributed by atoms with E-state index < -0.39 is 0 Å². The number of rotatable bonds is 7. The van der Waals surface area contributed by atoms with Crippen molar-refractivity contribution in [3.05, 3.63) is 35.9 Å². The highest BCUT2D eigenvalue weighted by atomic mass is 16.3. The van der Waals surface area contributed by atoms with Gasteiger partial charge in [0.15, 0.2) is 0 Å². The summed E-state index contributed by atoms with van der Waals surface area (Å²) in [5, 5.41) is 14.1. The van der Waals surface area contributed by atoms with Crippen LogP contribution in [0.1, 0.15) is 30.1 Å². The van der Waals surface area contributed by atoms with Crippen molar-refractivity contribution in [2.75, 3.05) is 13.2 Å². The Kier molecular flexibility index (Phi) is 6.60. The third-order valence-electron chi connectivity index (χ3n) is 2.78. The summed E-state index contributed by atoms with van der Waals surface area (Å²) in [5.74, 6) is -0.518. The molecule has 19 heavy (non-hydrogen) atoms. The van der Waals surface area contributed by atoms with E-state index in [9.17, 15) is 9.59 Å². The molecule has 3 N–H and O–H groups in total. The molecule has 2 amide bonds. The summed E-state index contributed by atoms with van der Waals surface area (Å²) in [4.78, 5) is 23.3. The van der Waals surface area contributed by atoms with Crippen molar-refractivity contribution in [2.45, 2.75) is 25.8 Å². The van der Waals surface area contributed by atoms with Gasteiger partial charge < -0.3 is 15.7 Å². The zero-order chi connectivity index (χ0) is 14.1. The molecule has 0 saturated carbocycles. The molecule has 5 heteroatoms. The van der Waals surface area contributed by atoms with E-state index in [1.807, 2.05) is 13.0 Å². The second-order valence-corrected chi connectivity index (χ2v) is 4.23. The van der Waals surface area contributed by atoms with Gasteiger partial charge in [-0.1, -0.05) is 25.1 Å². The average Bonchev–Trinajstić information content (AvgIpc) is 2.45. The lowest BCUT2D eigenvalue weighted by Gasteiger charge is -2.15. The van der Waals surface area contributed by atoms with Gasteiger partial charge in [-0.05, 0) is 25.0 Å². The molecule has 1 aromatic carbocycles. The maximum absolute atomic E-state index is 11.7. The molecule has 104 valence electrons. The van der Waals surface area contributed by atoms with Gasteiger partial charge in [-0.25, -0.2) is 0 Å². The molecule has 0 aliphatic carbocycles. The summed E-state index contributed by atoms with van der Waals surface area (Å²) < 4.78 is 0. The normalized spacial score (nSPS) is 11.7. The van der Waals surface area contributed by atoms with Crippen molar-refractivity contribution in [2.24, 2.45) is 0 Å². The molecule has 1 atom stereocenters. The number of hydrogen-bond donors (Lipinski definition) is 3. The van der Waals surface area contributed by atoms with Crippen LogP contribution < -0.4 is 10.6 Å². The Morgan fingerprint density at radius 2 is 1.95 bits per heavy atom. The molecule has 0 spiro atoms. The van der Waals surface area contributed by atoms with Gasteiger partial charge in [0.2, 0.25) is 5.91 Å². The SMILES string of the molecule is CCC(CCO)NC(=O)CNC(=O)c1ccccc1. The number of hydrogen-bond acceptors (Lipinski definition) is 3. The third-order valence-corrected chi connectivity index (χ3v) is 2.78. The zero-order valence-corrected chi connectivity index (χ0v) is 11.1. The van der Waals surface area contributed by atoms with E-state index in [0.29, 0.717) is 12.0 Å². The van der Waals surface area contributed by atoms with Crippen LogP contribution in [0.2, 0.25) is 0 Å². The fourth-order valence-corrected chi connectivity index (χ4v) is 1.67. The van der Waals surface area contributed by atoms with Gasteiger partial charge in [-0.2, -0.15) is 0 Å². The van der Waals surface area contributed by atoms with Crippen LogP contribution in [0.15, 0.2) is 30.3 Å². The minimum atomic E-state index is -0.272. The molecule has 1 rings (SSSR count). The van der Waals surface area contributed by atoms with Crippen LogP contribution in [-0.4, -0.2) is 36.1 Å². The first-order valence-electron chi connectivity index (χ1n) is 6.40. The highest BCUT2D eigenvalue weighted by Crippen LogP contribution is 1.98. The Morgan fingerprint density at radius 3 is 2.53 bits per heavy atom. The molecule has 0 heterocycles. The van der Waals surface area contributed by atoms with Crippen molar-refractivity contribution in [3.8, 4) is 0 Å². The van der Waals surface area contributed by atoms with Crippen molar-refractivity contribution >= 4 is 11.8 Å². The quantitative estimate of drug-likeness (QED) is 0.678. The van der Waals surface area contributed by atoms with Crippen molar-refractivity contribution in [1.82, 2.24) is 10.6 Å². The van der Waals surface area contributed by atoms with Crippen LogP contribution in [-0.2, 0) is 4.79 Å². The van der Waals surface area contributed by atoms with Crippen LogP contribution in [0.4, 0.5) is 0 Å². The Bertz CT molecular complexity index is 406. The lowest BCUT2D eigenvalue weighted by atomic mass is 10.1. The van der Waals surface area contributed by atoms with Gasteiger partial charge in [-0.3, -0.25) is 9.59 Å². The molecule has 0 fully saturated rings. The molecule has 0 aliphatic heterocycles. The minimum absolute atomic E-state index is 0.0369. The first-order valence-corrected chi connectivity index (χ1v) is 6.40. The number of nitrogens with one attached hydrogen (secondary N) is 2. The first-order chi connectivity index (χ1) is 9.17. The maximum atomic E-state index is 11.7. The fourth-order valence-electron chi connectivity index (χ4n) is 1.67. The molecule has 0 bridgehead atoms. The summed E-state index contributed by atoms with van der Waals surface area (Å²) in [5.41, 5.74) is 0.526. The molecule has 1 unspecified atom stereocenters. The van der Waals surface area contributed by atoms with E-state index in [4.69, 9.17) is 5.11 Å². The smallest absolute Gasteiger partial charge is 0.251 e. The van der Waals surface area contributed by atoms with E-state index in [1.54, 1.807) is 24.3 Å².